The van der Waals surface area contributed by atoms with Crippen LogP contribution in [0.2, 0.25) is 0 Å². The molecule has 0 aliphatic carbocycles. The van der Waals surface area contributed by atoms with E-state index in [-0.39, 0.29) is 0 Å². The van der Waals surface area contributed by atoms with Gasteiger partial charge >= 0.3 is 0 Å². The summed E-state index contributed by atoms with van der Waals surface area (Å²) in [5, 5.41) is 3.66. The molecule has 1 fully saturated rings. The molecule has 1 aromatic carbocycles. The molecular weight excluding hydrogens is 198 g/mol. The van der Waals surface area contributed by atoms with Gasteiger partial charge in [-0.3, -0.25) is 0 Å². The first-order chi connectivity index (χ1) is 7.95. The average molecular weight is 217 g/mol. The lowest BCUT2D eigenvalue weighted by atomic mass is 9.84. The van der Waals surface area contributed by atoms with Gasteiger partial charge in [0.15, 0.2) is 0 Å². The number of nitrogens with one attached hydrogen (secondary N) is 1. The highest BCUT2D eigenvalue weighted by Gasteiger charge is 2.28. The number of rotatable bonds is 1. The van der Waals surface area contributed by atoms with Crippen molar-refractivity contribution in [3.63, 3.8) is 0 Å². The van der Waals surface area contributed by atoms with Crippen molar-refractivity contribution >= 4 is 0 Å². The quantitative estimate of drug-likeness (QED) is 0.779. The maximum atomic E-state index is 5.61. The van der Waals surface area contributed by atoms with Crippen LogP contribution < -0.4 is 5.32 Å². The molecule has 2 aliphatic rings. The molecule has 16 heavy (non-hydrogen) atoms. The van der Waals surface area contributed by atoms with Crippen molar-refractivity contribution in [3.8, 4) is 0 Å². The highest BCUT2D eigenvalue weighted by molar-refractivity contribution is 5.32. The molecule has 0 radical (unpaired) electrons. The van der Waals surface area contributed by atoms with Gasteiger partial charge < -0.3 is 10.1 Å². The van der Waals surface area contributed by atoms with Gasteiger partial charge in [-0.05, 0) is 36.9 Å². The van der Waals surface area contributed by atoms with Gasteiger partial charge in [0.1, 0.15) is 0 Å². The highest BCUT2D eigenvalue weighted by atomic mass is 16.5. The van der Waals surface area contributed by atoms with Crippen LogP contribution in [0.15, 0.2) is 24.3 Å². The summed E-state index contributed by atoms with van der Waals surface area (Å²) in [5.74, 6) is 0.662. The SMILES string of the molecule is c1ccc2c(c1)CCNC2C1CCCOC1. The molecule has 0 bridgehead atoms. The van der Waals surface area contributed by atoms with Crippen LogP contribution in [0.1, 0.15) is 30.0 Å². The molecule has 86 valence electrons. The van der Waals surface area contributed by atoms with E-state index in [1.54, 1.807) is 0 Å². The Kier molecular flexibility index (Phi) is 2.94. The van der Waals surface area contributed by atoms with E-state index in [0.717, 1.165) is 19.8 Å². The number of hydrogen-bond donors (Lipinski definition) is 1. The average Bonchev–Trinajstić information content (AvgIpc) is 2.39. The zero-order valence-corrected chi connectivity index (χ0v) is 9.61. The van der Waals surface area contributed by atoms with E-state index in [0.29, 0.717) is 12.0 Å². The van der Waals surface area contributed by atoms with Crippen LogP contribution >= 0.6 is 0 Å². The Labute approximate surface area is 97.0 Å². The molecule has 2 heteroatoms. The summed E-state index contributed by atoms with van der Waals surface area (Å²) >= 11 is 0. The van der Waals surface area contributed by atoms with Crippen LogP contribution in [0.25, 0.3) is 0 Å². The smallest absolute Gasteiger partial charge is 0.0512 e. The molecule has 3 rings (SSSR count). The fraction of sp³-hybridized carbons (Fsp3) is 0.571. The molecule has 0 saturated carbocycles. The molecule has 0 amide bonds. The summed E-state index contributed by atoms with van der Waals surface area (Å²) in [5.41, 5.74) is 3.03. The minimum atomic E-state index is 0.519. The van der Waals surface area contributed by atoms with Gasteiger partial charge in [0.25, 0.3) is 0 Å². The van der Waals surface area contributed by atoms with Crippen molar-refractivity contribution in [2.45, 2.75) is 25.3 Å². The molecule has 1 aromatic rings. The Bertz CT molecular complexity index is 358. The summed E-state index contributed by atoms with van der Waals surface area (Å²) in [6.07, 6.45) is 3.68. The second kappa shape index (κ2) is 4.56. The molecular formula is C14H19NO. The topological polar surface area (TPSA) is 21.3 Å². The predicted octanol–water partition coefficient (Wildman–Crippen LogP) is 2.30. The number of ether oxygens (including phenoxy) is 1. The van der Waals surface area contributed by atoms with E-state index < -0.39 is 0 Å². The second-order valence-electron chi connectivity index (χ2n) is 4.86. The number of fused-ring (bicyclic) bond motifs is 1. The Morgan fingerprint density at radius 1 is 1.25 bits per heavy atom. The Hall–Kier alpha value is -0.860. The van der Waals surface area contributed by atoms with Crippen LogP contribution in [-0.2, 0) is 11.2 Å². The molecule has 2 atom stereocenters. The third-order valence-corrected chi connectivity index (χ3v) is 3.82. The zero-order chi connectivity index (χ0) is 10.8. The summed E-state index contributed by atoms with van der Waals surface area (Å²) in [7, 11) is 0. The van der Waals surface area contributed by atoms with Crippen molar-refractivity contribution in [1.29, 1.82) is 0 Å². The first kappa shape index (κ1) is 10.3. The fourth-order valence-electron chi connectivity index (χ4n) is 2.99. The van der Waals surface area contributed by atoms with E-state index in [4.69, 9.17) is 4.74 Å². The monoisotopic (exact) mass is 217 g/mol. The van der Waals surface area contributed by atoms with Gasteiger partial charge in [0, 0.05) is 18.6 Å². The third-order valence-electron chi connectivity index (χ3n) is 3.82. The molecule has 1 N–H and O–H groups in total. The lowest BCUT2D eigenvalue weighted by molar-refractivity contribution is 0.0380. The molecule has 2 unspecified atom stereocenters. The van der Waals surface area contributed by atoms with Crippen LogP contribution in [0.4, 0.5) is 0 Å². The lowest BCUT2D eigenvalue weighted by Crippen LogP contribution is -2.38. The minimum absolute atomic E-state index is 0.519. The largest absolute Gasteiger partial charge is 0.381 e. The van der Waals surface area contributed by atoms with Gasteiger partial charge in [0.05, 0.1) is 6.61 Å². The first-order valence-electron chi connectivity index (χ1n) is 6.34. The Morgan fingerprint density at radius 2 is 2.19 bits per heavy atom. The Balaban J connectivity index is 1.86. The van der Waals surface area contributed by atoms with Gasteiger partial charge in [0.2, 0.25) is 0 Å². The van der Waals surface area contributed by atoms with Gasteiger partial charge in [-0.15, -0.1) is 0 Å². The molecule has 0 aromatic heterocycles. The molecule has 1 saturated heterocycles. The molecule has 2 heterocycles. The molecule has 2 aliphatic heterocycles. The van der Waals surface area contributed by atoms with Crippen LogP contribution in [0, 0.1) is 5.92 Å². The van der Waals surface area contributed by atoms with Gasteiger partial charge in [-0.25, -0.2) is 0 Å². The van der Waals surface area contributed by atoms with E-state index in [2.05, 4.69) is 29.6 Å². The van der Waals surface area contributed by atoms with Crippen LogP contribution in [0.5, 0.6) is 0 Å². The zero-order valence-electron chi connectivity index (χ0n) is 9.61. The second-order valence-corrected chi connectivity index (χ2v) is 4.86. The summed E-state index contributed by atoms with van der Waals surface area (Å²) in [4.78, 5) is 0. The molecule has 2 nitrogen and oxygen atoms in total. The Morgan fingerprint density at radius 3 is 3.06 bits per heavy atom. The third kappa shape index (κ3) is 1.87. The normalized spacial score (nSPS) is 29.8. The predicted molar refractivity (Wildman–Crippen MR) is 64.4 cm³/mol. The standard InChI is InChI=1S/C14H19NO/c1-2-6-13-11(4-1)7-8-15-14(13)12-5-3-9-16-10-12/h1-2,4,6,12,14-15H,3,5,7-10H2. The van der Waals surface area contributed by atoms with Gasteiger partial charge in [-0.2, -0.15) is 0 Å². The summed E-state index contributed by atoms with van der Waals surface area (Å²) < 4.78 is 5.61. The van der Waals surface area contributed by atoms with E-state index in [9.17, 15) is 0 Å². The van der Waals surface area contributed by atoms with E-state index >= 15 is 0 Å². The lowest BCUT2D eigenvalue weighted by Gasteiger charge is -2.35. The van der Waals surface area contributed by atoms with Crippen molar-refractivity contribution in [2.75, 3.05) is 19.8 Å². The summed E-state index contributed by atoms with van der Waals surface area (Å²) in [6.45, 7) is 2.98. The maximum absolute atomic E-state index is 5.61. The van der Waals surface area contributed by atoms with Crippen molar-refractivity contribution in [2.24, 2.45) is 5.92 Å². The number of benzene rings is 1. The fourth-order valence-corrected chi connectivity index (χ4v) is 2.99. The maximum Gasteiger partial charge on any atom is 0.0512 e. The minimum Gasteiger partial charge on any atom is -0.381 e. The van der Waals surface area contributed by atoms with Crippen molar-refractivity contribution in [1.82, 2.24) is 5.32 Å². The van der Waals surface area contributed by atoms with E-state index in [1.165, 1.54) is 30.4 Å². The van der Waals surface area contributed by atoms with Crippen LogP contribution in [-0.4, -0.2) is 19.8 Å². The van der Waals surface area contributed by atoms with Crippen LogP contribution in [0.3, 0.4) is 0 Å². The van der Waals surface area contributed by atoms with Gasteiger partial charge in [-0.1, -0.05) is 24.3 Å². The number of hydrogen-bond acceptors (Lipinski definition) is 2. The highest BCUT2D eigenvalue weighted by Crippen LogP contribution is 2.32. The molecule has 0 spiro atoms. The first-order valence-corrected chi connectivity index (χ1v) is 6.34. The van der Waals surface area contributed by atoms with Crippen molar-refractivity contribution in [3.05, 3.63) is 35.4 Å². The van der Waals surface area contributed by atoms with E-state index in [1.807, 2.05) is 0 Å². The summed E-state index contributed by atoms with van der Waals surface area (Å²) in [6, 6.07) is 9.37. The van der Waals surface area contributed by atoms with Crippen molar-refractivity contribution < 1.29 is 4.74 Å².